The summed E-state index contributed by atoms with van der Waals surface area (Å²) in [5, 5.41) is 9.39. The van der Waals surface area contributed by atoms with Gasteiger partial charge in [0.25, 0.3) is 0 Å². The van der Waals surface area contributed by atoms with E-state index in [2.05, 4.69) is 15.9 Å². The molecule has 1 amide bonds. The largest absolute Gasteiger partial charge is 0.480 e. The van der Waals surface area contributed by atoms with E-state index < -0.39 is 23.7 Å². The van der Waals surface area contributed by atoms with Crippen LogP contribution in [0.3, 0.4) is 0 Å². The van der Waals surface area contributed by atoms with E-state index in [0.717, 1.165) is 15.6 Å². The van der Waals surface area contributed by atoms with E-state index in [1.807, 2.05) is 18.2 Å². The summed E-state index contributed by atoms with van der Waals surface area (Å²) in [5.41, 5.74) is 1.21. The molecule has 0 spiro atoms. The molecule has 0 saturated carbocycles. The number of hydrogen-bond donors (Lipinski definition) is 1. The predicted octanol–water partition coefficient (Wildman–Crippen LogP) is 3.20. The van der Waals surface area contributed by atoms with Crippen LogP contribution in [0, 0.1) is 0 Å². The van der Waals surface area contributed by atoms with Crippen molar-refractivity contribution in [3.63, 3.8) is 0 Å². The molecule has 0 saturated heterocycles. The van der Waals surface area contributed by atoms with Crippen LogP contribution in [0.2, 0.25) is 0 Å². The van der Waals surface area contributed by atoms with Gasteiger partial charge in [-0.15, -0.1) is 0 Å². The molecule has 1 aromatic rings. The molecule has 2 rings (SSSR count). The average Bonchev–Trinajstić information content (AvgIpc) is 2.35. The zero-order valence-corrected chi connectivity index (χ0v) is 13.8. The minimum atomic E-state index is -1.02. The number of rotatable bonds is 1. The van der Waals surface area contributed by atoms with Crippen molar-refractivity contribution in [2.24, 2.45) is 0 Å². The lowest BCUT2D eigenvalue weighted by Crippen LogP contribution is -2.50. The molecule has 6 heteroatoms. The summed E-state index contributed by atoms with van der Waals surface area (Å²) >= 11 is 3.45. The second-order valence-electron chi connectivity index (χ2n) is 6.04. The number of amides is 1. The highest BCUT2D eigenvalue weighted by Crippen LogP contribution is 2.30. The van der Waals surface area contributed by atoms with Gasteiger partial charge in [0.15, 0.2) is 0 Å². The molecule has 0 aliphatic carbocycles. The van der Waals surface area contributed by atoms with Crippen LogP contribution in [-0.2, 0) is 22.5 Å². The van der Waals surface area contributed by atoms with Crippen LogP contribution in [0.25, 0.3) is 0 Å². The lowest BCUT2D eigenvalue weighted by atomic mass is 9.94. The van der Waals surface area contributed by atoms with E-state index in [9.17, 15) is 14.7 Å². The summed E-state index contributed by atoms with van der Waals surface area (Å²) in [4.78, 5) is 25.0. The highest BCUT2D eigenvalue weighted by Gasteiger charge is 2.37. The number of carbonyl (C=O) groups is 2. The van der Waals surface area contributed by atoms with Crippen molar-refractivity contribution in [3.05, 3.63) is 33.8 Å². The van der Waals surface area contributed by atoms with Gasteiger partial charge in [0.1, 0.15) is 11.6 Å². The van der Waals surface area contributed by atoms with Crippen molar-refractivity contribution in [2.75, 3.05) is 0 Å². The van der Waals surface area contributed by atoms with Crippen LogP contribution in [0.5, 0.6) is 0 Å². The third kappa shape index (κ3) is 3.56. The Morgan fingerprint density at radius 2 is 2.05 bits per heavy atom. The Hall–Kier alpha value is -1.56. The van der Waals surface area contributed by atoms with Crippen LogP contribution in [0.1, 0.15) is 31.9 Å². The molecule has 1 aliphatic rings. The molecule has 0 radical (unpaired) electrons. The molecule has 21 heavy (non-hydrogen) atoms. The topological polar surface area (TPSA) is 66.8 Å². The van der Waals surface area contributed by atoms with Gasteiger partial charge in [-0.2, -0.15) is 0 Å². The SMILES string of the molecule is CC(C)(C)OC(=O)N1Cc2c(Br)cccc2CC1C(=O)O. The number of halogens is 1. The van der Waals surface area contributed by atoms with Gasteiger partial charge in [-0.05, 0) is 38.0 Å². The quantitative estimate of drug-likeness (QED) is 0.839. The molecule has 0 aromatic heterocycles. The van der Waals surface area contributed by atoms with Crippen molar-refractivity contribution in [3.8, 4) is 0 Å². The Morgan fingerprint density at radius 1 is 1.38 bits per heavy atom. The van der Waals surface area contributed by atoms with Crippen molar-refractivity contribution in [1.29, 1.82) is 0 Å². The molecular formula is C15H18BrNO4. The molecule has 1 heterocycles. The first-order chi connectivity index (χ1) is 9.69. The summed E-state index contributed by atoms with van der Waals surface area (Å²) < 4.78 is 6.19. The predicted molar refractivity (Wildman–Crippen MR) is 81.0 cm³/mol. The van der Waals surface area contributed by atoms with E-state index in [0.29, 0.717) is 0 Å². The number of carboxylic acids is 1. The Kier molecular flexibility index (Phi) is 4.27. The molecule has 1 unspecified atom stereocenters. The maximum Gasteiger partial charge on any atom is 0.411 e. The molecule has 1 aromatic carbocycles. The Morgan fingerprint density at radius 3 is 2.62 bits per heavy atom. The Labute approximate surface area is 132 Å². The van der Waals surface area contributed by atoms with E-state index >= 15 is 0 Å². The number of ether oxygens (including phenoxy) is 1. The molecule has 114 valence electrons. The van der Waals surface area contributed by atoms with Gasteiger partial charge in [-0.1, -0.05) is 28.1 Å². The maximum absolute atomic E-state index is 12.3. The van der Waals surface area contributed by atoms with Gasteiger partial charge in [-0.25, -0.2) is 9.59 Å². The first-order valence-corrected chi connectivity index (χ1v) is 7.47. The van der Waals surface area contributed by atoms with Gasteiger partial charge in [-0.3, -0.25) is 4.90 Å². The molecule has 0 bridgehead atoms. The molecule has 0 fully saturated rings. The Bertz CT molecular complexity index is 580. The smallest absolute Gasteiger partial charge is 0.411 e. The van der Waals surface area contributed by atoms with Crippen molar-refractivity contribution >= 4 is 28.0 Å². The minimum absolute atomic E-state index is 0.225. The summed E-state index contributed by atoms with van der Waals surface area (Å²) in [6.07, 6.45) is -0.320. The average molecular weight is 356 g/mol. The van der Waals surface area contributed by atoms with Gasteiger partial charge in [0.05, 0.1) is 6.54 Å². The van der Waals surface area contributed by atoms with Crippen LogP contribution in [0.15, 0.2) is 22.7 Å². The normalized spacial score (nSPS) is 18.1. The third-order valence-electron chi connectivity index (χ3n) is 3.25. The van der Waals surface area contributed by atoms with Crippen LogP contribution >= 0.6 is 15.9 Å². The maximum atomic E-state index is 12.3. The summed E-state index contributed by atoms with van der Waals surface area (Å²) in [7, 11) is 0. The van der Waals surface area contributed by atoms with E-state index in [-0.39, 0.29) is 13.0 Å². The molecule has 1 atom stereocenters. The van der Waals surface area contributed by atoms with E-state index in [4.69, 9.17) is 4.74 Å². The first kappa shape index (κ1) is 15.8. The van der Waals surface area contributed by atoms with E-state index in [1.54, 1.807) is 20.8 Å². The second kappa shape index (κ2) is 5.67. The van der Waals surface area contributed by atoms with Gasteiger partial charge < -0.3 is 9.84 Å². The number of carboxylic acid groups (broad SMARTS) is 1. The Balaban J connectivity index is 2.33. The summed E-state index contributed by atoms with van der Waals surface area (Å²) in [6, 6.07) is 4.74. The monoisotopic (exact) mass is 355 g/mol. The lowest BCUT2D eigenvalue weighted by Gasteiger charge is -2.35. The zero-order valence-electron chi connectivity index (χ0n) is 12.2. The lowest BCUT2D eigenvalue weighted by molar-refractivity contribution is -0.143. The highest BCUT2D eigenvalue weighted by molar-refractivity contribution is 9.10. The highest BCUT2D eigenvalue weighted by atomic mass is 79.9. The standard InChI is InChI=1S/C15H18BrNO4/c1-15(2,3)21-14(20)17-8-10-9(5-4-6-11(10)16)7-12(17)13(18)19/h4-6,12H,7-8H2,1-3H3,(H,18,19). The fourth-order valence-electron chi connectivity index (χ4n) is 2.30. The van der Waals surface area contributed by atoms with Gasteiger partial charge in [0.2, 0.25) is 0 Å². The third-order valence-corrected chi connectivity index (χ3v) is 3.99. The van der Waals surface area contributed by atoms with Gasteiger partial charge >= 0.3 is 12.1 Å². The van der Waals surface area contributed by atoms with Crippen LogP contribution in [-0.4, -0.2) is 33.7 Å². The number of nitrogens with zero attached hydrogens (tertiary/aromatic N) is 1. The molecule has 1 N–H and O–H groups in total. The second-order valence-corrected chi connectivity index (χ2v) is 6.90. The van der Waals surface area contributed by atoms with Crippen molar-refractivity contribution in [1.82, 2.24) is 4.90 Å². The fraction of sp³-hybridized carbons (Fsp3) is 0.467. The number of fused-ring (bicyclic) bond motifs is 1. The first-order valence-electron chi connectivity index (χ1n) is 6.68. The van der Waals surface area contributed by atoms with Crippen molar-refractivity contribution < 1.29 is 19.4 Å². The van der Waals surface area contributed by atoms with Gasteiger partial charge in [0, 0.05) is 10.9 Å². The summed E-state index contributed by atoms with van der Waals surface area (Å²) in [5.74, 6) is -1.02. The number of carbonyl (C=O) groups excluding carboxylic acids is 1. The van der Waals surface area contributed by atoms with Crippen molar-refractivity contribution in [2.45, 2.75) is 45.4 Å². The number of hydrogen-bond acceptors (Lipinski definition) is 3. The number of aliphatic carboxylic acids is 1. The summed E-state index contributed by atoms with van der Waals surface area (Å²) in [6.45, 7) is 5.50. The van der Waals surface area contributed by atoms with Crippen LogP contribution in [0.4, 0.5) is 4.79 Å². The zero-order chi connectivity index (χ0) is 15.8. The fourth-order valence-corrected chi connectivity index (χ4v) is 2.84. The van der Waals surface area contributed by atoms with Crippen LogP contribution < -0.4 is 0 Å². The molecule has 1 aliphatic heterocycles. The van der Waals surface area contributed by atoms with E-state index in [1.165, 1.54) is 4.90 Å². The molecular weight excluding hydrogens is 338 g/mol. The molecule has 5 nitrogen and oxygen atoms in total. The minimum Gasteiger partial charge on any atom is -0.480 e. The number of benzene rings is 1.